The van der Waals surface area contributed by atoms with E-state index in [1.165, 1.54) is 12.1 Å². The van der Waals surface area contributed by atoms with E-state index in [1.54, 1.807) is 36.7 Å². The van der Waals surface area contributed by atoms with Crippen molar-refractivity contribution in [3.8, 4) is 0 Å². The van der Waals surface area contributed by atoms with Crippen LogP contribution in [0, 0.1) is 17.0 Å². The first-order chi connectivity index (χ1) is 19.9. The van der Waals surface area contributed by atoms with Crippen LogP contribution in [0.25, 0.3) is 0 Å². The van der Waals surface area contributed by atoms with E-state index in [9.17, 15) is 4.79 Å². The van der Waals surface area contributed by atoms with E-state index in [2.05, 4.69) is 41.4 Å². The van der Waals surface area contributed by atoms with Crippen LogP contribution >= 0.6 is 23.2 Å². The average Bonchev–Trinajstić information content (AvgIpc) is 3.22. The van der Waals surface area contributed by atoms with Gasteiger partial charge in [-0.1, -0.05) is 69.1 Å². The number of ether oxygens (including phenoxy) is 1. The fraction of sp³-hybridized carbons (Fsp3) is 0.452. The molecule has 2 aromatic carbocycles. The molecule has 3 aromatic rings. The van der Waals surface area contributed by atoms with E-state index in [0.29, 0.717) is 49.9 Å². The first kappa shape index (κ1) is 30.6. The Morgan fingerprint density at radius 2 is 1.83 bits per heavy atom. The topological polar surface area (TPSA) is 79.4 Å². The normalized spacial score (nSPS) is 24.6. The summed E-state index contributed by atoms with van der Waals surface area (Å²) in [7, 11) is 0. The molecule has 4 atom stereocenters. The zero-order chi connectivity index (χ0) is 30.2. The minimum atomic E-state index is -1.06. The Bertz CT molecular complexity index is 1450. The first-order valence-electron chi connectivity index (χ1n) is 14.0. The maximum Gasteiger partial charge on any atom is 0.242 e. The predicted molar refractivity (Wildman–Crippen MR) is 161 cm³/mol. The highest BCUT2D eigenvalue weighted by Gasteiger charge is 2.57. The zero-order valence-corrected chi connectivity index (χ0v) is 25.6. The molecule has 4 unspecified atom stereocenters. The number of hydrogen-bond acceptors (Lipinski definition) is 6. The molecule has 2 aliphatic rings. The number of rotatable bonds is 6. The lowest BCUT2D eigenvalue weighted by molar-refractivity contribution is -0.118. The Balaban J connectivity index is 1.56. The van der Waals surface area contributed by atoms with Crippen LogP contribution in [0.15, 0.2) is 48.8 Å². The van der Waals surface area contributed by atoms with E-state index in [4.69, 9.17) is 27.9 Å². The van der Waals surface area contributed by atoms with Crippen LogP contribution in [0.1, 0.15) is 51.2 Å². The van der Waals surface area contributed by atoms with Gasteiger partial charge in [0.1, 0.15) is 11.6 Å². The van der Waals surface area contributed by atoms with Crippen LogP contribution in [0.4, 0.5) is 20.4 Å². The average molecular weight is 619 g/mol. The molecule has 11 heteroatoms. The summed E-state index contributed by atoms with van der Waals surface area (Å²) in [6.07, 6.45) is 3.67. The fourth-order valence-corrected chi connectivity index (χ4v) is 6.58. The Kier molecular flexibility index (Phi) is 8.77. The molecule has 2 aliphatic heterocycles. The molecule has 224 valence electrons. The lowest BCUT2D eigenvalue weighted by Gasteiger charge is -2.40. The lowest BCUT2D eigenvalue weighted by Crippen LogP contribution is -2.44. The third-order valence-electron chi connectivity index (χ3n) is 8.21. The number of nitrogens with zero attached hydrogens (tertiary/aromatic N) is 3. The maximum atomic E-state index is 15.8. The van der Waals surface area contributed by atoms with Gasteiger partial charge in [-0.3, -0.25) is 4.79 Å². The van der Waals surface area contributed by atoms with Gasteiger partial charge in [0.15, 0.2) is 0 Å². The SMILES string of the molecule is CC(C)(C)CC1NC(C(=O)Nc2cnc(N3CCOCC3)nc2)C(c2cccc(Cl)c2F)C1(C)c1ccc(Cl)cc1F. The number of carbonyl (C=O) groups is 1. The Labute approximate surface area is 255 Å². The largest absolute Gasteiger partial charge is 0.378 e. The molecule has 0 aliphatic carbocycles. The number of anilines is 2. The van der Waals surface area contributed by atoms with Gasteiger partial charge in [-0.15, -0.1) is 0 Å². The number of hydrogen-bond donors (Lipinski definition) is 2. The van der Waals surface area contributed by atoms with Gasteiger partial charge in [-0.25, -0.2) is 18.7 Å². The van der Waals surface area contributed by atoms with Crippen molar-refractivity contribution < 1.29 is 18.3 Å². The summed E-state index contributed by atoms with van der Waals surface area (Å²) in [5.41, 5.74) is -0.309. The lowest BCUT2D eigenvalue weighted by atomic mass is 9.63. The summed E-state index contributed by atoms with van der Waals surface area (Å²) in [6, 6.07) is 7.86. The number of nitrogens with one attached hydrogen (secondary N) is 2. The number of morpholine rings is 1. The number of benzene rings is 2. The molecule has 3 heterocycles. The van der Waals surface area contributed by atoms with Crippen LogP contribution in [0.2, 0.25) is 10.0 Å². The highest BCUT2D eigenvalue weighted by Crippen LogP contribution is 2.52. The van der Waals surface area contributed by atoms with Crippen LogP contribution in [-0.2, 0) is 14.9 Å². The van der Waals surface area contributed by atoms with Crippen molar-refractivity contribution in [2.24, 2.45) is 5.41 Å². The van der Waals surface area contributed by atoms with Gasteiger partial charge >= 0.3 is 0 Å². The molecule has 0 bridgehead atoms. The molecule has 2 fully saturated rings. The summed E-state index contributed by atoms with van der Waals surface area (Å²) in [5, 5.41) is 6.55. The molecular weight excluding hydrogens is 583 g/mol. The maximum absolute atomic E-state index is 15.8. The van der Waals surface area contributed by atoms with Gasteiger partial charge in [-0.2, -0.15) is 0 Å². The first-order valence-corrected chi connectivity index (χ1v) is 14.7. The third kappa shape index (κ3) is 6.11. The highest BCUT2D eigenvalue weighted by atomic mass is 35.5. The van der Waals surface area contributed by atoms with Gasteiger partial charge in [0.2, 0.25) is 11.9 Å². The van der Waals surface area contributed by atoms with Crippen molar-refractivity contribution in [2.75, 3.05) is 36.5 Å². The minimum absolute atomic E-state index is 0.0723. The molecule has 0 saturated carbocycles. The zero-order valence-electron chi connectivity index (χ0n) is 24.1. The van der Waals surface area contributed by atoms with Crippen molar-refractivity contribution in [1.82, 2.24) is 15.3 Å². The minimum Gasteiger partial charge on any atom is -0.378 e. The summed E-state index contributed by atoms with van der Waals surface area (Å²) in [4.78, 5) is 24.9. The summed E-state index contributed by atoms with van der Waals surface area (Å²) >= 11 is 12.4. The molecule has 1 amide bonds. The Morgan fingerprint density at radius 3 is 2.48 bits per heavy atom. The van der Waals surface area contributed by atoms with Crippen molar-refractivity contribution in [3.05, 3.63) is 81.6 Å². The predicted octanol–water partition coefficient (Wildman–Crippen LogP) is 6.36. The second kappa shape index (κ2) is 12.0. The molecule has 0 spiro atoms. The molecule has 1 aromatic heterocycles. The van der Waals surface area contributed by atoms with Crippen LogP contribution in [-0.4, -0.2) is 54.3 Å². The van der Waals surface area contributed by atoms with Gasteiger partial charge in [0, 0.05) is 35.5 Å². The molecule has 5 rings (SSSR count). The summed E-state index contributed by atoms with van der Waals surface area (Å²) in [6.45, 7) is 10.6. The smallest absolute Gasteiger partial charge is 0.242 e. The summed E-state index contributed by atoms with van der Waals surface area (Å²) in [5.74, 6) is -1.86. The molecule has 2 N–H and O–H groups in total. The van der Waals surface area contributed by atoms with Gasteiger partial charge in [-0.05, 0) is 41.2 Å². The van der Waals surface area contributed by atoms with Crippen molar-refractivity contribution in [1.29, 1.82) is 0 Å². The van der Waals surface area contributed by atoms with E-state index in [1.807, 2.05) is 11.8 Å². The molecule has 7 nitrogen and oxygen atoms in total. The monoisotopic (exact) mass is 617 g/mol. The van der Waals surface area contributed by atoms with Crippen LogP contribution < -0.4 is 15.5 Å². The second-order valence-electron chi connectivity index (χ2n) is 12.3. The molecule has 42 heavy (non-hydrogen) atoms. The van der Waals surface area contributed by atoms with Crippen LogP contribution in [0.5, 0.6) is 0 Å². The highest BCUT2D eigenvalue weighted by molar-refractivity contribution is 6.31. The van der Waals surface area contributed by atoms with Gasteiger partial charge in [0.05, 0.1) is 42.4 Å². The van der Waals surface area contributed by atoms with Crippen molar-refractivity contribution in [3.63, 3.8) is 0 Å². The van der Waals surface area contributed by atoms with Crippen LogP contribution in [0.3, 0.4) is 0 Å². The summed E-state index contributed by atoms with van der Waals surface area (Å²) < 4.78 is 36.9. The van der Waals surface area contributed by atoms with E-state index in [0.717, 1.165) is 0 Å². The Morgan fingerprint density at radius 1 is 1.14 bits per heavy atom. The number of amides is 1. The fourth-order valence-electron chi connectivity index (χ4n) is 6.24. The third-order valence-corrected chi connectivity index (χ3v) is 8.74. The van der Waals surface area contributed by atoms with E-state index < -0.39 is 41.0 Å². The quantitative estimate of drug-likeness (QED) is 0.335. The number of carbonyl (C=O) groups excluding carboxylic acids is 1. The standard InChI is InChI=1S/C31H35Cl2F2N5O2/c1-30(2,3)15-24-31(4,21-9-8-18(32)14-23(21)34)25(20-6-5-7-22(33)26(20)35)27(39-24)28(41)38-19-16-36-29(37-17-19)40-10-12-42-13-11-40/h5-9,14,16-17,24-25,27,39H,10-13,15H2,1-4H3,(H,38,41). The van der Waals surface area contributed by atoms with Crippen molar-refractivity contribution in [2.45, 2.75) is 57.5 Å². The molecular formula is C31H35Cl2F2N5O2. The van der Waals surface area contributed by atoms with E-state index >= 15 is 8.78 Å². The van der Waals surface area contributed by atoms with E-state index in [-0.39, 0.29) is 21.0 Å². The second-order valence-corrected chi connectivity index (χ2v) is 13.2. The number of aromatic nitrogens is 2. The molecule has 2 saturated heterocycles. The van der Waals surface area contributed by atoms with Gasteiger partial charge < -0.3 is 20.3 Å². The van der Waals surface area contributed by atoms with Crippen molar-refractivity contribution >= 4 is 40.7 Å². The molecule has 0 radical (unpaired) electrons. The van der Waals surface area contributed by atoms with Gasteiger partial charge in [0.25, 0.3) is 0 Å². The number of halogens is 4. The Hall–Kier alpha value is -2.85.